The van der Waals surface area contributed by atoms with E-state index in [2.05, 4.69) is 15.8 Å². The highest BCUT2D eigenvalue weighted by Gasteiger charge is 2.14. The molecule has 0 atom stereocenters. The van der Waals surface area contributed by atoms with Crippen LogP contribution in [0.1, 0.15) is 46.5 Å². The van der Waals surface area contributed by atoms with Crippen LogP contribution in [0.25, 0.3) is 0 Å². The van der Waals surface area contributed by atoms with Gasteiger partial charge in [0, 0.05) is 5.56 Å². The fraction of sp³-hybridized carbons (Fsp3) is 0.241. The molecule has 204 valence electrons. The summed E-state index contributed by atoms with van der Waals surface area (Å²) in [7, 11) is 1.54. The quantitative estimate of drug-likeness (QED) is 0.147. The molecule has 0 aliphatic rings. The summed E-state index contributed by atoms with van der Waals surface area (Å²) in [5.41, 5.74) is 3.72. The number of esters is 1. The van der Waals surface area contributed by atoms with Crippen LogP contribution in [-0.4, -0.2) is 50.9 Å². The van der Waals surface area contributed by atoms with Crippen molar-refractivity contribution in [3.05, 3.63) is 83.4 Å². The Kier molecular flexibility index (Phi) is 10.9. The smallest absolute Gasteiger partial charge is 0.343 e. The van der Waals surface area contributed by atoms with Gasteiger partial charge >= 0.3 is 5.97 Å². The minimum atomic E-state index is -0.546. The molecular formula is C29H31N3O7. The number of hydrogen-bond donors (Lipinski definition) is 2. The highest BCUT2D eigenvalue weighted by Crippen LogP contribution is 2.29. The van der Waals surface area contributed by atoms with E-state index in [1.165, 1.54) is 6.21 Å². The van der Waals surface area contributed by atoms with Gasteiger partial charge in [0.05, 0.1) is 38.6 Å². The molecule has 3 aromatic rings. The Hall–Kier alpha value is -4.86. The lowest BCUT2D eigenvalue weighted by Crippen LogP contribution is -2.34. The summed E-state index contributed by atoms with van der Waals surface area (Å²) in [6.07, 6.45) is 2.30. The minimum Gasteiger partial charge on any atom is -0.497 e. The largest absolute Gasteiger partial charge is 0.497 e. The molecule has 0 aliphatic heterocycles. The van der Waals surface area contributed by atoms with Crippen molar-refractivity contribution in [2.24, 2.45) is 5.10 Å². The maximum atomic E-state index is 12.5. The first-order chi connectivity index (χ1) is 18.9. The first kappa shape index (κ1) is 28.7. The van der Waals surface area contributed by atoms with Gasteiger partial charge in [0.2, 0.25) is 0 Å². The molecule has 10 heteroatoms. The van der Waals surface area contributed by atoms with Gasteiger partial charge in [-0.2, -0.15) is 5.10 Å². The third-order valence-corrected chi connectivity index (χ3v) is 5.20. The Morgan fingerprint density at radius 3 is 2.21 bits per heavy atom. The van der Waals surface area contributed by atoms with E-state index < -0.39 is 17.8 Å². The number of rotatable bonds is 13. The number of carbonyl (C=O) groups is 3. The first-order valence-electron chi connectivity index (χ1n) is 12.4. The van der Waals surface area contributed by atoms with Crippen molar-refractivity contribution in [2.75, 3.05) is 26.9 Å². The number of amides is 2. The summed E-state index contributed by atoms with van der Waals surface area (Å²) in [6, 6.07) is 18.1. The van der Waals surface area contributed by atoms with Gasteiger partial charge in [-0.1, -0.05) is 6.92 Å². The number of methoxy groups -OCH3 is 1. The van der Waals surface area contributed by atoms with Crippen LogP contribution in [0.4, 0.5) is 0 Å². The molecular weight excluding hydrogens is 502 g/mol. The van der Waals surface area contributed by atoms with E-state index in [4.69, 9.17) is 18.9 Å². The zero-order valence-electron chi connectivity index (χ0n) is 22.1. The average molecular weight is 534 g/mol. The summed E-state index contributed by atoms with van der Waals surface area (Å²) in [5, 5.41) is 6.46. The summed E-state index contributed by atoms with van der Waals surface area (Å²) < 4.78 is 21.7. The van der Waals surface area contributed by atoms with Crippen molar-refractivity contribution in [3.8, 4) is 23.0 Å². The van der Waals surface area contributed by atoms with Crippen LogP contribution in [0.15, 0.2) is 71.8 Å². The van der Waals surface area contributed by atoms with Gasteiger partial charge in [0.15, 0.2) is 11.5 Å². The number of hydrogen-bond acceptors (Lipinski definition) is 8. The standard InChI is InChI=1S/C29H31N3O7/c1-4-16-38-24-13-7-21(8-14-24)28(34)30-19-27(33)32-31-18-20-6-15-25(26(17-20)37-5-2)39-29(35)22-9-11-23(36-3)12-10-22/h6-15,17-18H,4-5,16,19H2,1-3H3,(H,30,34)(H,32,33)/b31-18+. The number of carbonyl (C=O) groups excluding carboxylic acids is 3. The maximum Gasteiger partial charge on any atom is 0.343 e. The lowest BCUT2D eigenvalue weighted by molar-refractivity contribution is -0.120. The number of hydrazone groups is 1. The highest BCUT2D eigenvalue weighted by atomic mass is 16.6. The van der Waals surface area contributed by atoms with Gasteiger partial charge in [-0.15, -0.1) is 0 Å². The second-order valence-corrected chi connectivity index (χ2v) is 8.11. The van der Waals surface area contributed by atoms with Crippen molar-refractivity contribution >= 4 is 24.0 Å². The maximum absolute atomic E-state index is 12.5. The molecule has 0 fully saturated rings. The fourth-order valence-electron chi connectivity index (χ4n) is 3.25. The zero-order chi connectivity index (χ0) is 28.0. The number of ether oxygens (including phenoxy) is 4. The van der Waals surface area contributed by atoms with Crippen molar-refractivity contribution in [3.63, 3.8) is 0 Å². The second kappa shape index (κ2) is 14.8. The summed E-state index contributed by atoms with van der Waals surface area (Å²) in [4.78, 5) is 36.9. The van der Waals surface area contributed by atoms with Crippen LogP contribution in [0.5, 0.6) is 23.0 Å². The van der Waals surface area contributed by atoms with Crippen LogP contribution in [0.3, 0.4) is 0 Å². The topological polar surface area (TPSA) is 125 Å². The number of nitrogens with one attached hydrogen (secondary N) is 2. The van der Waals surface area contributed by atoms with Gasteiger partial charge in [-0.05, 0) is 85.6 Å². The zero-order valence-corrected chi connectivity index (χ0v) is 22.1. The second-order valence-electron chi connectivity index (χ2n) is 8.11. The third kappa shape index (κ3) is 8.89. The molecule has 10 nitrogen and oxygen atoms in total. The van der Waals surface area contributed by atoms with E-state index in [1.807, 2.05) is 6.92 Å². The van der Waals surface area contributed by atoms with E-state index in [9.17, 15) is 14.4 Å². The van der Waals surface area contributed by atoms with Crippen LogP contribution in [-0.2, 0) is 4.79 Å². The van der Waals surface area contributed by atoms with E-state index in [-0.39, 0.29) is 12.3 Å². The van der Waals surface area contributed by atoms with Crippen molar-refractivity contribution in [1.82, 2.24) is 10.7 Å². The highest BCUT2D eigenvalue weighted by molar-refractivity contribution is 5.96. The number of benzene rings is 3. The molecule has 39 heavy (non-hydrogen) atoms. The molecule has 0 aliphatic carbocycles. The van der Waals surface area contributed by atoms with Gasteiger partial charge in [0.25, 0.3) is 11.8 Å². The normalized spacial score (nSPS) is 10.5. The minimum absolute atomic E-state index is 0.242. The van der Waals surface area contributed by atoms with Gasteiger partial charge in [0.1, 0.15) is 11.5 Å². The SMILES string of the molecule is CCCOc1ccc(C(=O)NCC(=O)N/N=C/c2ccc(OC(=O)c3ccc(OC)cc3)c(OCC)c2)cc1. The summed E-state index contributed by atoms with van der Waals surface area (Å²) in [6.45, 7) is 4.50. The monoisotopic (exact) mass is 533 g/mol. The first-order valence-corrected chi connectivity index (χ1v) is 12.4. The lowest BCUT2D eigenvalue weighted by Gasteiger charge is -2.11. The molecule has 0 heterocycles. The predicted octanol–water partition coefficient (Wildman–Crippen LogP) is 3.98. The molecule has 0 saturated heterocycles. The molecule has 0 aromatic heterocycles. The van der Waals surface area contributed by atoms with Crippen LogP contribution >= 0.6 is 0 Å². The van der Waals surface area contributed by atoms with E-state index in [0.29, 0.717) is 47.2 Å². The molecule has 0 radical (unpaired) electrons. The Morgan fingerprint density at radius 1 is 0.846 bits per heavy atom. The van der Waals surface area contributed by atoms with Crippen LogP contribution < -0.4 is 29.7 Å². The Balaban J connectivity index is 1.52. The summed E-state index contributed by atoms with van der Waals surface area (Å²) >= 11 is 0. The fourth-order valence-corrected chi connectivity index (χ4v) is 3.25. The molecule has 0 bridgehead atoms. The third-order valence-electron chi connectivity index (χ3n) is 5.20. The van der Waals surface area contributed by atoms with Crippen molar-refractivity contribution in [2.45, 2.75) is 20.3 Å². The molecule has 0 saturated carbocycles. The Bertz CT molecular complexity index is 1290. The average Bonchev–Trinajstić information content (AvgIpc) is 2.96. The van der Waals surface area contributed by atoms with Crippen LogP contribution in [0, 0.1) is 0 Å². The molecule has 2 amide bonds. The number of nitrogens with zero attached hydrogens (tertiary/aromatic N) is 1. The molecule has 2 N–H and O–H groups in total. The van der Waals surface area contributed by atoms with E-state index in [1.54, 1.807) is 80.8 Å². The Morgan fingerprint density at radius 2 is 1.54 bits per heavy atom. The molecule has 3 rings (SSSR count). The lowest BCUT2D eigenvalue weighted by atomic mass is 10.2. The van der Waals surface area contributed by atoms with Gasteiger partial charge < -0.3 is 24.3 Å². The summed E-state index contributed by atoms with van der Waals surface area (Å²) in [5.74, 6) is 0.448. The van der Waals surface area contributed by atoms with Crippen LogP contribution in [0.2, 0.25) is 0 Å². The van der Waals surface area contributed by atoms with Crippen molar-refractivity contribution in [1.29, 1.82) is 0 Å². The molecule has 0 unspecified atom stereocenters. The molecule has 0 spiro atoms. The molecule has 3 aromatic carbocycles. The Labute approximate surface area is 226 Å². The van der Waals surface area contributed by atoms with E-state index >= 15 is 0 Å². The van der Waals surface area contributed by atoms with E-state index in [0.717, 1.165) is 6.42 Å². The van der Waals surface area contributed by atoms with Crippen molar-refractivity contribution < 1.29 is 33.3 Å². The van der Waals surface area contributed by atoms with Gasteiger partial charge in [-0.25, -0.2) is 10.2 Å². The van der Waals surface area contributed by atoms with Gasteiger partial charge in [-0.3, -0.25) is 9.59 Å². The predicted molar refractivity (Wildman–Crippen MR) is 146 cm³/mol.